The Bertz CT molecular complexity index is 950. The Labute approximate surface area is 139 Å². The van der Waals surface area contributed by atoms with Gasteiger partial charge in [-0.25, -0.2) is 4.98 Å². The van der Waals surface area contributed by atoms with Crippen LogP contribution in [0.4, 0.5) is 24.9 Å². The molecule has 7 nitrogen and oxygen atoms in total. The van der Waals surface area contributed by atoms with Crippen LogP contribution in [0.5, 0.6) is 5.75 Å². The number of furan rings is 1. The van der Waals surface area contributed by atoms with Gasteiger partial charge in [-0.2, -0.15) is 4.98 Å². The van der Waals surface area contributed by atoms with E-state index in [-0.39, 0.29) is 11.7 Å². The predicted octanol–water partition coefficient (Wildman–Crippen LogP) is 2.26. The summed E-state index contributed by atoms with van der Waals surface area (Å²) in [5, 5.41) is 3.54. The summed E-state index contributed by atoms with van der Waals surface area (Å²) in [5.41, 5.74) is 6.92. The monoisotopic (exact) mass is 353 g/mol. The standard InChI is InChI=1S/C15H14F3N5O2/c1-20-7-5-23(6-7)13-12-11(21-14(19)22-13)9-4-8(25-15(16,17)18)2-3-10(9)24-12/h2-4,7,20H,5-6H2,1H3,(H2,19,21,22). The quantitative estimate of drug-likeness (QED) is 0.746. The summed E-state index contributed by atoms with van der Waals surface area (Å²) in [6.07, 6.45) is -4.77. The van der Waals surface area contributed by atoms with E-state index in [9.17, 15) is 13.2 Å². The molecule has 10 heteroatoms. The van der Waals surface area contributed by atoms with Gasteiger partial charge in [-0.3, -0.25) is 0 Å². The predicted molar refractivity (Wildman–Crippen MR) is 85.5 cm³/mol. The number of aromatic nitrogens is 2. The van der Waals surface area contributed by atoms with E-state index in [2.05, 4.69) is 20.0 Å². The van der Waals surface area contributed by atoms with Gasteiger partial charge < -0.3 is 25.1 Å². The highest BCUT2D eigenvalue weighted by atomic mass is 19.4. The zero-order valence-corrected chi connectivity index (χ0v) is 13.1. The summed E-state index contributed by atoms with van der Waals surface area (Å²) in [6.45, 7) is 1.45. The molecular formula is C15H14F3N5O2. The van der Waals surface area contributed by atoms with E-state index < -0.39 is 6.36 Å². The molecule has 0 radical (unpaired) electrons. The first-order valence-corrected chi connectivity index (χ1v) is 7.52. The van der Waals surface area contributed by atoms with Crippen LogP contribution in [0.25, 0.3) is 22.1 Å². The fraction of sp³-hybridized carbons (Fsp3) is 0.333. The zero-order chi connectivity index (χ0) is 17.8. The van der Waals surface area contributed by atoms with Crippen molar-refractivity contribution < 1.29 is 22.3 Å². The second kappa shape index (κ2) is 5.38. The average molecular weight is 353 g/mol. The smallest absolute Gasteiger partial charge is 0.450 e. The first kappa shape index (κ1) is 15.8. The van der Waals surface area contributed by atoms with Gasteiger partial charge in [-0.05, 0) is 25.2 Å². The summed E-state index contributed by atoms with van der Waals surface area (Å²) in [5.74, 6) is 0.212. The molecule has 1 saturated heterocycles. The van der Waals surface area contributed by atoms with E-state index in [4.69, 9.17) is 10.2 Å². The maximum absolute atomic E-state index is 12.4. The summed E-state index contributed by atoms with van der Waals surface area (Å²) in [4.78, 5) is 10.3. The molecule has 0 atom stereocenters. The van der Waals surface area contributed by atoms with Crippen LogP contribution in [0.2, 0.25) is 0 Å². The van der Waals surface area contributed by atoms with E-state index in [1.165, 1.54) is 18.2 Å². The maximum atomic E-state index is 12.4. The highest BCUT2D eigenvalue weighted by Crippen LogP contribution is 2.37. The summed E-state index contributed by atoms with van der Waals surface area (Å²) >= 11 is 0. The molecule has 0 unspecified atom stereocenters. The number of hydrogen-bond donors (Lipinski definition) is 2. The number of nitrogens with zero attached hydrogens (tertiary/aromatic N) is 3. The van der Waals surface area contributed by atoms with Crippen molar-refractivity contribution in [1.29, 1.82) is 0 Å². The van der Waals surface area contributed by atoms with Crippen LogP contribution < -0.4 is 20.7 Å². The average Bonchev–Trinajstić information content (AvgIpc) is 2.82. The number of fused-ring (bicyclic) bond motifs is 3. The molecule has 25 heavy (non-hydrogen) atoms. The molecule has 1 fully saturated rings. The minimum atomic E-state index is -4.77. The number of nitrogen functional groups attached to an aromatic ring is 1. The van der Waals surface area contributed by atoms with Crippen molar-refractivity contribution in [1.82, 2.24) is 15.3 Å². The number of benzene rings is 1. The Morgan fingerprint density at radius 3 is 2.76 bits per heavy atom. The van der Waals surface area contributed by atoms with Gasteiger partial charge in [0, 0.05) is 19.1 Å². The highest BCUT2D eigenvalue weighted by Gasteiger charge is 2.32. The largest absolute Gasteiger partial charge is 0.573 e. The number of anilines is 2. The van der Waals surface area contributed by atoms with Crippen LogP contribution in [-0.2, 0) is 0 Å². The van der Waals surface area contributed by atoms with E-state index >= 15 is 0 Å². The van der Waals surface area contributed by atoms with Crippen molar-refractivity contribution in [2.75, 3.05) is 30.8 Å². The van der Waals surface area contributed by atoms with Crippen LogP contribution in [0, 0.1) is 0 Å². The lowest BCUT2D eigenvalue weighted by Crippen LogP contribution is -2.57. The van der Waals surface area contributed by atoms with Gasteiger partial charge in [-0.15, -0.1) is 13.2 Å². The van der Waals surface area contributed by atoms with Crippen LogP contribution in [0.15, 0.2) is 22.6 Å². The second-order valence-corrected chi connectivity index (χ2v) is 5.78. The number of likely N-dealkylation sites (N-methyl/N-ethyl adjacent to an activating group) is 1. The van der Waals surface area contributed by atoms with E-state index in [0.29, 0.717) is 33.9 Å². The summed E-state index contributed by atoms with van der Waals surface area (Å²) in [7, 11) is 1.87. The van der Waals surface area contributed by atoms with Crippen molar-refractivity contribution in [3.05, 3.63) is 18.2 Å². The van der Waals surface area contributed by atoms with Crippen molar-refractivity contribution in [2.45, 2.75) is 12.4 Å². The lowest BCUT2D eigenvalue weighted by atomic mass is 10.1. The van der Waals surface area contributed by atoms with Gasteiger partial charge in [0.05, 0.1) is 5.39 Å². The van der Waals surface area contributed by atoms with Gasteiger partial charge in [0.25, 0.3) is 0 Å². The molecule has 0 bridgehead atoms. The van der Waals surface area contributed by atoms with Gasteiger partial charge in [0.15, 0.2) is 11.4 Å². The van der Waals surface area contributed by atoms with Gasteiger partial charge in [-0.1, -0.05) is 0 Å². The molecule has 4 rings (SSSR count). The van der Waals surface area contributed by atoms with Crippen LogP contribution in [0.3, 0.4) is 0 Å². The van der Waals surface area contributed by atoms with Crippen molar-refractivity contribution in [2.24, 2.45) is 0 Å². The number of nitrogens with one attached hydrogen (secondary N) is 1. The number of nitrogens with two attached hydrogens (primary N) is 1. The second-order valence-electron chi connectivity index (χ2n) is 5.78. The minimum Gasteiger partial charge on any atom is -0.450 e. The molecule has 2 aromatic heterocycles. The van der Waals surface area contributed by atoms with Crippen molar-refractivity contribution in [3.63, 3.8) is 0 Å². The molecule has 132 valence electrons. The zero-order valence-electron chi connectivity index (χ0n) is 13.1. The molecule has 1 aliphatic rings. The third-order valence-electron chi connectivity index (χ3n) is 4.11. The van der Waals surface area contributed by atoms with Gasteiger partial charge >= 0.3 is 6.36 Å². The fourth-order valence-corrected chi connectivity index (χ4v) is 2.87. The lowest BCUT2D eigenvalue weighted by Gasteiger charge is -2.39. The number of hydrogen-bond acceptors (Lipinski definition) is 7. The highest BCUT2D eigenvalue weighted by molar-refractivity contribution is 6.06. The fourth-order valence-electron chi connectivity index (χ4n) is 2.87. The molecule has 1 aliphatic heterocycles. The first-order chi connectivity index (χ1) is 11.8. The van der Waals surface area contributed by atoms with Gasteiger partial charge in [0.2, 0.25) is 5.95 Å². The Kier molecular flexibility index (Phi) is 3.39. The third-order valence-corrected chi connectivity index (χ3v) is 4.11. The molecule has 3 aromatic rings. The molecule has 0 aliphatic carbocycles. The topological polar surface area (TPSA) is 89.4 Å². The lowest BCUT2D eigenvalue weighted by molar-refractivity contribution is -0.274. The Balaban J connectivity index is 1.82. The Morgan fingerprint density at radius 2 is 2.08 bits per heavy atom. The molecular weight excluding hydrogens is 339 g/mol. The molecule has 0 saturated carbocycles. The normalized spacial score (nSPS) is 15.8. The molecule has 3 N–H and O–H groups in total. The van der Waals surface area contributed by atoms with Crippen LogP contribution in [0.1, 0.15) is 0 Å². The van der Waals surface area contributed by atoms with Crippen molar-refractivity contribution >= 4 is 33.8 Å². The summed E-state index contributed by atoms with van der Waals surface area (Å²) in [6, 6.07) is 4.17. The summed E-state index contributed by atoms with van der Waals surface area (Å²) < 4.78 is 47.0. The van der Waals surface area contributed by atoms with Crippen LogP contribution in [-0.4, -0.2) is 42.5 Å². The number of ether oxygens (including phenoxy) is 1. The SMILES string of the molecule is CNC1CN(c2nc(N)nc3c2oc2ccc(OC(F)(F)F)cc23)C1. The van der Waals surface area contributed by atoms with E-state index in [1.807, 2.05) is 11.9 Å². The third kappa shape index (κ3) is 2.78. The Morgan fingerprint density at radius 1 is 1.32 bits per heavy atom. The van der Waals surface area contributed by atoms with Crippen LogP contribution >= 0.6 is 0 Å². The first-order valence-electron chi connectivity index (χ1n) is 7.52. The molecule has 3 heterocycles. The Hall–Kier alpha value is -2.75. The van der Waals surface area contributed by atoms with E-state index in [0.717, 1.165) is 13.1 Å². The number of alkyl halides is 3. The molecule has 1 aromatic carbocycles. The minimum absolute atomic E-state index is 0.0280. The number of rotatable bonds is 3. The molecule has 0 amide bonds. The van der Waals surface area contributed by atoms with Crippen molar-refractivity contribution in [3.8, 4) is 5.75 Å². The number of halogens is 3. The molecule has 0 spiro atoms. The van der Waals surface area contributed by atoms with Gasteiger partial charge in [0.1, 0.15) is 16.8 Å². The van der Waals surface area contributed by atoms with E-state index in [1.54, 1.807) is 0 Å². The maximum Gasteiger partial charge on any atom is 0.573 e.